The Morgan fingerprint density at radius 2 is 2.17 bits per heavy atom. The van der Waals surface area contributed by atoms with Crippen LogP contribution in [0.25, 0.3) is 11.1 Å². The number of hydrogen-bond donors (Lipinski definition) is 2. The van der Waals surface area contributed by atoms with E-state index < -0.39 is 5.97 Å². The average molecular weight is 246 g/mol. The second-order valence-electron chi connectivity index (χ2n) is 3.85. The van der Waals surface area contributed by atoms with E-state index in [2.05, 4.69) is 4.98 Å². The Morgan fingerprint density at radius 1 is 1.39 bits per heavy atom. The topological polar surface area (TPSA) is 76.2 Å². The van der Waals surface area contributed by atoms with Gasteiger partial charge in [0.25, 0.3) is 0 Å². The number of halogens is 1. The van der Waals surface area contributed by atoms with Crippen LogP contribution in [0.15, 0.2) is 36.5 Å². The normalized spacial score (nSPS) is 10.3. The number of pyridine rings is 1. The van der Waals surface area contributed by atoms with Gasteiger partial charge in [-0.15, -0.1) is 0 Å². The number of anilines is 1. The molecule has 0 aliphatic carbocycles. The fraction of sp³-hybridized carbons (Fsp3) is 0.0769. The van der Waals surface area contributed by atoms with Gasteiger partial charge in [-0.05, 0) is 29.3 Å². The van der Waals surface area contributed by atoms with Crippen LogP contribution in [0, 0.1) is 5.82 Å². The lowest BCUT2D eigenvalue weighted by Crippen LogP contribution is -2.04. The molecular formula is C13H11FN2O2. The monoisotopic (exact) mass is 246 g/mol. The lowest BCUT2D eigenvalue weighted by atomic mass is 10.00. The molecule has 0 aliphatic heterocycles. The summed E-state index contributed by atoms with van der Waals surface area (Å²) in [4.78, 5) is 14.7. The van der Waals surface area contributed by atoms with Gasteiger partial charge in [-0.3, -0.25) is 4.79 Å². The molecule has 0 spiro atoms. The molecule has 1 aromatic carbocycles. The van der Waals surface area contributed by atoms with Gasteiger partial charge in [0.05, 0.1) is 6.42 Å². The van der Waals surface area contributed by atoms with Crippen LogP contribution in [0.1, 0.15) is 5.56 Å². The molecule has 5 heteroatoms. The number of nitrogens with two attached hydrogens (primary N) is 1. The number of hydrogen-bond acceptors (Lipinski definition) is 3. The van der Waals surface area contributed by atoms with Gasteiger partial charge in [0.2, 0.25) is 0 Å². The average Bonchev–Trinajstić information content (AvgIpc) is 2.28. The van der Waals surface area contributed by atoms with Gasteiger partial charge in [-0.2, -0.15) is 0 Å². The van der Waals surface area contributed by atoms with Crippen molar-refractivity contribution in [3.8, 4) is 11.1 Å². The fourth-order valence-corrected chi connectivity index (χ4v) is 1.74. The molecule has 92 valence electrons. The number of carboxylic acids is 1. The first-order chi connectivity index (χ1) is 8.56. The molecule has 4 nitrogen and oxygen atoms in total. The summed E-state index contributed by atoms with van der Waals surface area (Å²) >= 11 is 0. The summed E-state index contributed by atoms with van der Waals surface area (Å²) in [6, 6.07) is 7.41. The van der Waals surface area contributed by atoms with Crippen LogP contribution in [-0.4, -0.2) is 16.1 Å². The first-order valence-corrected chi connectivity index (χ1v) is 5.28. The molecule has 0 bridgehead atoms. The molecule has 1 heterocycles. The van der Waals surface area contributed by atoms with Crippen LogP contribution in [0.4, 0.5) is 10.2 Å². The van der Waals surface area contributed by atoms with Crippen LogP contribution in [0.2, 0.25) is 0 Å². The molecule has 2 rings (SSSR count). The Morgan fingerprint density at radius 3 is 2.83 bits per heavy atom. The number of aliphatic carboxylic acids is 1. The number of benzene rings is 1. The molecule has 0 amide bonds. The second-order valence-corrected chi connectivity index (χ2v) is 3.85. The molecule has 0 unspecified atom stereocenters. The van der Waals surface area contributed by atoms with E-state index in [-0.39, 0.29) is 18.1 Å². The van der Waals surface area contributed by atoms with Gasteiger partial charge in [0.1, 0.15) is 11.6 Å². The fourth-order valence-electron chi connectivity index (χ4n) is 1.74. The first-order valence-electron chi connectivity index (χ1n) is 5.28. The van der Waals surface area contributed by atoms with Crippen molar-refractivity contribution in [3.05, 3.63) is 47.9 Å². The van der Waals surface area contributed by atoms with Crippen molar-refractivity contribution in [1.29, 1.82) is 0 Å². The predicted octanol–water partition coefficient (Wildman–Crippen LogP) is 2.10. The maximum atomic E-state index is 13.2. The molecule has 0 saturated carbocycles. The third-order valence-electron chi connectivity index (χ3n) is 2.49. The molecule has 18 heavy (non-hydrogen) atoms. The van der Waals surface area contributed by atoms with Gasteiger partial charge in [0, 0.05) is 11.8 Å². The van der Waals surface area contributed by atoms with Gasteiger partial charge < -0.3 is 10.8 Å². The number of carbonyl (C=O) groups is 1. The first kappa shape index (κ1) is 12.0. The lowest BCUT2D eigenvalue weighted by molar-refractivity contribution is -0.136. The van der Waals surface area contributed by atoms with Crippen LogP contribution in [-0.2, 0) is 11.2 Å². The van der Waals surface area contributed by atoms with Crippen molar-refractivity contribution < 1.29 is 14.3 Å². The van der Waals surface area contributed by atoms with Crippen molar-refractivity contribution in [1.82, 2.24) is 4.98 Å². The van der Waals surface area contributed by atoms with Crippen LogP contribution in [0.5, 0.6) is 0 Å². The van der Waals surface area contributed by atoms with Crippen LogP contribution < -0.4 is 5.73 Å². The van der Waals surface area contributed by atoms with Crippen molar-refractivity contribution in [2.24, 2.45) is 0 Å². The number of rotatable bonds is 3. The van der Waals surface area contributed by atoms with E-state index in [9.17, 15) is 9.18 Å². The molecule has 0 radical (unpaired) electrons. The summed E-state index contributed by atoms with van der Waals surface area (Å²) < 4.78 is 13.2. The van der Waals surface area contributed by atoms with E-state index in [4.69, 9.17) is 10.8 Å². The van der Waals surface area contributed by atoms with Gasteiger partial charge in [-0.25, -0.2) is 9.37 Å². The van der Waals surface area contributed by atoms with E-state index in [1.165, 1.54) is 24.4 Å². The minimum Gasteiger partial charge on any atom is -0.481 e. The molecule has 0 atom stereocenters. The molecular weight excluding hydrogens is 235 g/mol. The highest BCUT2D eigenvalue weighted by Crippen LogP contribution is 2.25. The molecule has 0 saturated heterocycles. The van der Waals surface area contributed by atoms with Crippen LogP contribution in [0.3, 0.4) is 0 Å². The van der Waals surface area contributed by atoms with Gasteiger partial charge in [0.15, 0.2) is 0 Å². The Labute approximate surface area is 103 Å². The van der Waals surface area contributed by atoms with E-state index in [0.29, 0.717) is 16.7 Å². The minimum atomic E-state index is -0.974. The van der Waals surface area contributed by atoms with Gasteiger partial charge in [-0.1, -0.05) is 12.1 Å². The van der Waals surface area contributed by atoms with E-state index in [1.54, 1.807) is 12.1 Å². The van der Waals surface area contributed by atoms with E-state index in [1.807, 2.05) is 0 Å². The summed E-state index contributed by atoms with van der Waals surface area (Å²) in [7, 11) is 0. The van der Waals surface area contributed by atoms with Crippen LogP contribution >= 0.6 is 0 Å². The SMILES string of the molecule is Nc1cc(CC(=O)O)c(-c2cccc(F)c2)cn1. The van der Waals surface area contributed by atoms with Crippen molar-refractivity contribution in [2.75, 3.05) is 5.73 Å². The van der Waals surface area contributed by atoms with E-state index in [0.717, 1.165) is 0 Å². The molecule has 0 fully saturated rings. The highest BCUT2D eigenvalue weighted by Gasteiger charge is 2.10. The second kappa shape index (κ2) is 4.83. The van der Waals surface area contributed by atoms with Gasteiger partial charge >= 0.3 is 5.97 Å². The third-order valence-corrected chi connectivity index (χ3v) is 2.49. The maximum absolute atomic E-state index is 13.2. The Bertz CT molecular complexity index is 599. The number of nitrogen functional groups attached to an aromatic ring is 1. The van der Waals surface area contributed by atoms with E-state index >= 15 is 0 Å². The zero-order chi connectivity index (χ0) is 13.1. The predicted molar refractivity (Wildman–Crippen MR) is 65.4 cm³/mol. The molecule has 1 aromatic heterocycles. The lowest BCUT2D eigenvalue weighted by Gasteiger charge is -2.08. The standard InChI is InChI=1S/C13H11FN2O2/c14-10-3-1-2-8(4-10)11-7-16-12(15)5-9(11)6-13(17)18/h1-5,7H,6H2,(H2,15,16)(H,17,18). The molecule has 3 N–H and O–H groups in total. The molecule has 0 aliphatic rings. The maximum Gasteiger partial charge on any atom is 0.307 e. The summed E-state index contributed by atoms with van der Waals surface area (Å²) in [5.41, 5.74) is 7.20. The minimum absolute atomic E-state index is 0.182. The Hall–Kier alpha value is -2.43. The summed E-state index contributed by atoms with van der Waals surface area (Å²) in [6.07, 6.45) is 1.28. The van der Waals surface area contributed by atoms with Crippen molar-refractivity contribution >= 4 is 11.8 Å². The third kappa shape index (κ3) is 2.63. The smallest absolute Gasteiger partial charge is 0.307 e. The Balaban J connectivity index is 2.52. The highest BCUT2D eigenvalue weighted by molar-refractivity contribution is 5.77. The largest absolute Gasteiger partial charge is 0.481 e. The quantitative estimate of drug-likeness (QED) is 0.869. The zero-order valence-corrected chi connectivity index (χ0v) is 9.43. The summed E-state index contributed by atoms with van der Waals surface area (Å²) in [5.74, 6) is -1.12. The summed E-state index contributed by atoms with van der Waals surface area (Å²) in [5, 5.41) is 8.85. The number of aromatic nitrogens is 1. The highest BCUT2D eigenvalue weighted by atomic mass is 19.1. The zero-order valence-electron chi connectivity index (χ0n) is 9.43. The number of carboxylic acid groups (broad SMARTS) is 1. The summed E-state index contributed by atoms with van der Waals surface area (Å²) in [6.45, 7) is 0. The molecule has 2 aromatic rings. The van der Waals surface area contributed by atoms with Crippen molar-refractivity contribution in [2.45, 2.75) is 6.42 Å². The number of nitrogens with zero attached hydrogens (tertiary/aromatic N) is 1. The Kier molecular flexibility index (Phi) is 3.23. The van der Waals surface area contributed by atoms with Crippen molar-refractivity contribution in [3.63, 3.8) is 0 Å².